The molecule has 50 heavy (non-hydrogen) atoms. The van der Waals surface area contributed by atoms with Gasteiger partial charge in [-0.2, -0.15) is 0 Å². The van der Waals surface area contributed by atoms with Crippen molar-refractivity contribution in [3.63, 3.8) is 0 Å². The van der Waals surface area contributed by atoms with Crippen LogP contribution in [0.4, 0.5) is 17.1 Å². The third-order valence-electron chi connectivity index (χ3n) is 9.87. The van der Waals surface area contributed by atoms with E-state index < -0.39 is 0 Å². The van der Waals surface area contributed by atoms with Crippen LogP contribution in [0.2, 0.25) is 0 Å². The Morgan fingerprint density at radius 3 is 2.12 bits per heavy atom. The molecule has 0 spiro atoms. The van der Waals surface area contributed by atoms with Gasteiger partial charge in [-0.25, -0.2) is 4.98 Å². The maximum Gasteiger partial charge on any atom is 0.228 e. The summed E-state index contributed by atoms with van der Waals surface area (Å²) < 4.78 is 15.6. The molecule has 0 aliphatic rings. The standard InChI is InChI=1S/C45H26N2O2S/c1-2-12-29(13-3-1)47(35-17-9-19-39-43(35)42-31-14-6-4-10-27(31)21-25-40(42)50-39)30-22-23-33-38(26-30)48-36-18-8-16-34(41(33)36)45-46-44-32-15-7-5-11-28(32)20-24-37(44)49-45/h1-26H. The van der Waals surface area contributed by atoms with Crippen molar-refractivity contribution in [3.05, 3.63) is 158 Å². The molecule has 11 aromatic rings. The Labute approximate surface area is 290 Å². The lowest BCUT2D eigenvalue weighted by molar-refractivity contribution is 0.620. The van der Waals surface area contributed by atoms with Crippen LogP contribution < -0.4 is 4.90 Å². The van der Waals surface area contributed by atoms with Crippen LogP contribution >= 0.6 is 11.3 Å². The average molecular weight is 659 g/mol. The molecule has 3 heterocycles. The SMILES string of the molecule is c1ccc(N(c2ccc3c(c2)oc2cccc(-c4nc5c(ccc6ccccc65)o4)c23)c2cccc3sc4ccc5ccccc5c4c23)cc1. The first kappa shape index (κ1) is 27.5. The molecule has 3 aromatic heterocycles. The van der Waals surface area contributed by atoms with E-state index in [1.165, 1.54) is 30.9 Å². The smallest absolute Gasteiger partial charge is 0.228 e. The molecule has 0 saturated heterocycles. The molecule has 5 heteroatoms. The summed E-state index contributed by atoms with van der Waals surface area (Å²) in [6.45, 7) is 0. The molecule has 11 rings (SSSR count). The second-order valence-corrected chi connectivity index (χ2v) is 13.8. The third kappa shape index (κ3) is 4.01. The fourth-order valence-corrected chi connectivity index (χ4v) is 8.81. The first-order chi connectivity index (χ1) is 24.8. The van der Waals surface area contributed by atoms with Gasteiger partial charge < -0.3 is 13.7 Å². The normalized spacial score (nSPS) is 12.0. The van der Waals surface area contributed by atoms with Crippen molar-refractivity contribution in [2.75, 3.05) is 4.90 Å². The lowest BCUT2D eigenvalue weighted by atomic mass is 10.0. The Hall–Kier alpha value is -6.43. The number of furan rings is 1. The summed E-state index contributed by atoms with van der Waals surface area (Å²) in [4.78, 5) is 7.38. The first-order valence-corrected chi connectivity index (χ1v) is 17.5. The van der Waals surface area contributed by atoms with Gasteiger partial charge in [0.2, 0.25) is 5.89 Å². The van der Waals surface area contributed by atoms with Crippen molar-refractivity contribution in [2.45, 2.75) is 0 Å². The summed E-state index contributed by atoms with van der Waals surface area (Å²) in [5.74, 6) is 0.586. The Kier molecular flexibility index (Phi) is 5.80. The maximum atomic E-state index is 6.63. The molecule has 0 saturated carbocycles. The number of thiophene rings is 1. The molecule has 234 valence electrons. The average Bonchev–Trinajstić information content (AvgIpc) is 3.89. The number of benzene rings is 8. The number of para-hydroxylation sites is 1. The quantitative estimate of drug-likeness (QED) is 0.189. The predicted octanol–water partition coefficient (Wildman–Crippen LogP) is 13.5. The molecule has 0 aliphatic heterocycles. The zero-order chi connectivity index (χ0) is 32.8. The van der Waals surface area contributed by atoms with Gasteiger partial charge in [-0.15, -0.1) is 11.3 Å². The highest BCUT2D eigenvalue weighted by Gasteiger charge is 2.22. The molecule has 8 aromatic carbocycles. The minimum Gasteiger partial charge on any atom is -0.456 e. The second-order valence-electron chi connectivity index (χ2n) is 12.7. The van der Waals surface area contributed by atoms with Crippen molar-refractivity contribution in [3.8, 4) is 11.5 Å². The van der Waals surface area contributed by atoms with Gasteiger partial charge in [0.05, 0.1) is 5.69 Å². The van der Waals surface area contributed by atoms with E-state index >= 15 is 0 Å². The molecule has 0 N–H and O–H groups in total. The molecule has 0 radical (unpaired) electrons. The molecule has 0 amide bonds. The summed E-state index contributed by atoms with van der Waals surface area (Å²) in [6, 6.07) is 55.4. The van der Waals surface area contributed by atoms with Crippen LogP contribution in [0.15, 0.2) is 167 Å². The molecular formula is C45H26N2O2S. The zero-order valence-electron chi connectivity index (χ0n) is 26.6. The Balaban J connectivity index is 1.13. The minimum absolute atomic E-state index is 0.586. The van der Waals surface area contributed by atoms with Gasteiger partial charge in [0, 0.05) is 59.3 Å². The topological polar surface area (TPSA) is 42.4 Å². The number of nitrogens with zero attached hydrogens (tertiary/aromatic N) is 2. The van der Waals surface area contributed by atoms with Crippen LogP contribution in [-0.2, 0) is 0 Å². The van der Waals surface area contributed by atoms with Crippen molar-refractivity contribution in [1.29, 1.82) is 0 Å². The van der Waals surface area contributed by atoms with E-state index in [9.17, 15) is 0 Å². The fraction of sp³-hybridized carbons (Fsp3) is 0. The van der Waals surface area contributed by atoms with E-state index in [-0.39, 0.29) is 0 Å². The highest BCUT2D eigenvalue weighted by molar-refractivity contribution is 7.26. The van der Waals surface area contributed by atoms with Crippen LogP contribution in [0, 0.1) is 0 Å². The number of hydrogen-bond donors (Lipinski definition) is 0. The third-order valence-corrected chi connectivity index (χ3v) is 11.0. The van der Waals surface area contributed by atoms with Crippen LogP contribution in [0.5, 0.6) is 0 Å². The number of fused-ring (bicyclic) bond motifs is 11. The van der Waals surface area contributed by atoms with Crippen LogP contribution in [0.1, 0.15) is 0 Å². The molecule has 0 aliphatic carbocycles. The summed E-state index contributed by atoms with van der Waals surface area (Å²) in [6.07, 6.45) is 0. The van der Waals surface area contributed by atoms with Crippen molar-refractivity contribution in [2.24, 2.45) is 0 Å². The van der Waals surface area contributed by atoms with Gasteiger partial charge >= 0.3 is 0 Å². The van der Waals surface area contributed by atoms with E-state index in [1.807, 2.05) is 41.7 Å². The second kappa shape index (κ2) is 10.5. The fourth-order valence-electron chi connectivity index (χ4n) is 7.67. The highest BCUT2D eigenvalue weighted by atomic mass is 32.1. The lowest BCUT2D eigenvalue weighted by Gasteiger charge is -2.26. The molecular weight excluding hydrogens is 633 g/mol. The number of aromatic nitrogens is 1. The lowest BCUT2D eigenvalue weighted by Crippen LogP contribution is -2.10. The van der Waals surface area contributed by atoms with E-state index in [1.54, 1.807) is 0 Å². The van der Waals surface area contributed by atoms with Gasteiger partial charge in [0.15, 0.2) is 5.58 Å². The van der Waals surface area contributed by atoms with E-state index in [0.29, 0.717) is 5.89 Å². The van der Waals surface area contributed by atoms with E-state index in [2.05, 4.69) is 132 Å². The molecule has 0 bridgehead atoms. The number of hydrogen-bond acceptors (Lipinski definition) is 5. The van der Waals surface area contributed by atoms with Crippen LogP contribution in [0.3, 0.4) is 0 Å². The Bertz CT molecular complexity index is 3120. The molecule has 0 unspecified atom stereocenters. The number of oxazole rings is 1. The van der Waals surface area contributed by atoms with Gasteiger partial charge in [-0.3, -0.25) is 0 Å². The van der Waals surface area contributed by atoms with Crippen molar-refractivity contribution >= 4 is 103 Å². The largest absolute Gasteiger partial charge is 0.456 e. The molecule has 4 nitrogen and oxygen atoms in total. The van der Waals surface area contributed by atoms with Gasteiger partial charge in [-0.1, -0.05) is 91.0 Å². The van der Waals surface area contributed by atoms with E-state index in [4.69, 9.17) is 13.8 Å². The van der Waals surface area contributed by atoms with Crippen molar-refractivity contribution in [1.82, 2.24) is 4.98 Å². The van der Waals surface area contributed by atoms with Gasteiger partial charge in [0.25, 0.3) is 0 Å². The summed E-state index contributed by atoms with van der Waals surface area (Å²) in [5.41, 5.74) is 7.38. The molecule has 0 atom stereocenters. The first-order valence-electron chi connectivity index (χ1n) is 16.7. The number of anilines is 3. The summed E-state index contributed by atoms with van der Waals surface area (Å²) in [5, 5.41) is 9.29. The zero-order valence-corrected chi connectivity index (χ0v) is 27.4. The van der Waals surface area contributed by atoms with Crippen LogP contribution in [-0.4, -0.2) is 4.98 Å². The maximum absolute atomic E-state index is 6.63. The van der Waals surface area contributed by atoms with Gasteiger partial charge in [-0.05, 0) is 76.8 Å². The van der Waals surface area contributed by atoms with E-state index in [0.717, 1.165) is 66.4 Å². The van der Waals surface area contributed by atoms with Crippen molar-refractivity contribution < 1.29 is 8.83 Å². The predicted molar refractivity (Wildman–Crippen MR) is 209 cm³/mol. The monoisotopic (exact) mass is 658 g/mol. The summed E-state index contributed by atoms with van der Waals surface area (Å²) >= 11 is 1.85. The van der Waals surface area contributed by atoms with Gasteiger partial charge in [0.1, 0.15) is 16.7 Å². The Morgan fingerprint density at radius 2 is 1.22 bits per heavy atom. The molecule has 0 fully saturated rings. The minimum atomic E-state index is 0.586. The summed E-state index contributed by atoms with van der Waals surface area (Å²) in [7, 11) is 0. The Morgan fingerprint density at radius 1 is 0.460 bits per heavy atom. The highest BCUT2D eigenvalue weighted by Crippen LogP contribution is 2.48. The number of rotatable bonds is 4. The van der Waals surface area contributed by atoms with Crippen LogP contribution in [0.25, 0.3) is 86.2 Å².